The third kappa shape index (κ3) is 3.51. The summed E-state index contributed by atoms with van der Waals surface area (Å²) in [6, 6.07) is 24.3. The molecule has 2 amide bonds. The Labute approximate surface area is 172 Å². The fourth-order valence-corrected chi connectivity index (χ4v) is 3.45. The van der Waals surface area contributed by atoms with Crippen molar-refractivity contribution in [3.05, 3.63) is 78.9 Å². The molecule has 1 aliphatic heterocycles. The Morgan fingerprint density at radius 1 is 0.967 bits per heavy atom. The number of hydrogen-bond acceptors (Lipinski definition) is 4. The highest BCUT2D eigenvalue weighted by Crippen LogP contribution is 2.30. The number of nitrogens with one attached hydrogen (secondary N) is 2. The Kier molecular flexibility index (Phi) is 4.44. The van der Waals surface area contributed by atoms with Gasteiger partial charge in [-0.1, -0.05) is 30.3 Å². The van der Waals surface area contributed by atoms with E-state index < -0.39 is 6.10 Å². The van der Waals surface area contributed by atoms with E-state index in [2.05, 4.69) is 10.6 Å². The number of carbonyl (C=O) groups excluding carboxylic acids is 2. The van der Waals surface area contributed by atoms with Gasteiger partial charge in [-0.25, -0.2) is 0 Å². The van der Waals surface area contributed by atoms with E-state index in [9.17, 15) is 9.59 Å². The Morgan fingerprint density at radius 2 is 1.73 bits per heavy atom. The van der Waals surface area contributed by atoms with E-state index in [-0.39, 0.29) is 18.2 Å². The molecule has 0 fully saturated rings. The molecule has 0 saturated carbocycles. The lowest BCUT2D eigenvalue weighted by atomic mass is 10.1. The fraction of sp³-hybridized carbons (Fsp3) is 0.0833. The maximum absolute atomic E-state index is 12.4. The summed E-state index contributed by atoms with van der Waals surface area (Å²) in [7, 11) is 0. The Morgan fingerprint density at radius 3 is 2.57 bits per heavy atom. The molecule has 6 nitrogen and oxygen atoms in total. The molecule has 5 rings (SSSR count). The van der Waals surface area contributed by atoms with E-state index >= 15 is 0 Å². The standard InChI is InChI=1S/C24H18N2O4/c27-23(14-22-24(28)26-18-6-2-4-8-20(18)30-22)25-17-11-9-15(10-12-17)21-13-16-5-1-3-7-19(16)29-21/h1-13,22H,14H2,(H,25,27)(H,26,28)/t22-/m1/s1. The number of ether oxygens (including phenoxy) is 1. The summed E-state index contributed by atoms with van der Waals surface area (Å²) in [5.41, 5.74) is 2.99. The highest BCUT2D eigenvalue weighted by molar-refractivity contribution is 6.02. The van der Waals surface area contributed by atoms with Crippen molar-refractivity contribution in [2.75, 3.05) is 10.6 Å². The highest BCUT2D eigenvalue weighted by atomic mass is 16.5. The molecule has 1 aromatic heterocycles. The Hall–Kier alpha value is -4.06. The fourth-order valence-electron chi connectivity index (χ4n) is 3.45. The average molecular weight is 398 g/mol. The first-order chi connectivity index (χ1) is 14.7. The van der Waals surface area contributed by atoms with E-state index in [1.54, 1.807) is 24.3 Å². The van der Waals surface area contributed by atoms with Crippen LogP contribution in [0, 0.1) is 0 Å². The lowest BCUT2D eigenvalue weighted by Gasteiger charge is -2.25. The van der Waals surface area contributed by atoms with Gasteiger partial charge in [-0.05, 0) is 48.5 Å². The molecular formula is C24H18N2O4. The van der Waals surface area contributed by atoms with Crippen LogP contribution in [0.3, 0.4) is 0 Å². The van der Waals surface area contributed by atoms with Crippen molar-refractivity contribution in [1.29, 1.82) is 0 Å². The van der Waals surface area contributed by atoms with Crippen LogP contribution >= 0.6 is 0 Å². The van der Waals surface area contributed by atoms with Crippen molar-refractivity contribution < 1.29 is 18.7 Å². The van der Waals surface area contributed by atoms with E-state index in [1.807, 2.05) is 54.6 Å². The number of furan rings is 1. The van der Waals surface area contributed by atoms with Crippen LogP contribution in [0.1, 0.15) is 6.42 Å². The minimum atomic E-state index is -0.866. The van der Waals surface area contributed by atoms with E-state index in [0.29, 0.717) is 17.1 Å². The molecule has 0 saturated heterocycles. The zero-order valence-electron chi connectivity index (χ0n) is 15.9. The first-order valence-corrected chi connectivity index (χ1v) is 9.61. The molecule has 148 valence electrons. The second-order valence-corrected chi connectivity index (χ2v) is 7.07. The predicted octanol–water partition coefficient (Wildman–Crippen LogP) is 4.83. The highest BCUT2D eigenvalue weighted by Gasteiger charge is 2.29. The number of anilines is 2. The van der Waals surface area contributed by atoms with Gasteiger partial charge in [-0.15, -0.1) is 0 Å². The van der Waals surface area contributed by atoms with Gasteiger partial charge in [-0.2, -0.15) is 0 Å². The van der Waals surface area contributed by atoms with Gasteiger partial charge in [0.25, 0.3) is 5.91 Å². The van der Waals surface area contributed by atoms with Gasteiger partial charge in [0, 0.05) is 16.6 Å². The second kappa shape index (κ2) is 7.40. The second-order valence-electron chi connectivity index (χ2n) is 7.07. The number of carbonyl (C=O) groups is 2. The predicted molar refractivity (Wildman–Crippen MR) is 114 cm³/mol. The van der Waals surface area contributed by atoms with Gasteiger partial charge >= 0.3 is 0 Å². The monoisotopic (exact) mass is 398 g/mol. The smallest absolute Gasteiger partial charge is 0.266 e. The van der Waals surface area contributed by atoms with Crippen LogP contribution < -0.4 is 15.4 Å². The molecule has 0 unspecified atom stereocenters. The summed E-state index contributed by atoms with van der Waals surface area (Å²) < 4.78 is 11.5. The molecule has 0 bridgehead atoms. The zero-order chi connectivity index (χ0) is 20.5. The van der Waals surface area contributed by atoms with Crippen LogP contribution in [0.5, 0.6) is 5.75 Å². The number of rotatable bonds is 4. The van der Waals surface area contributed by atoms with Gasteiger partial charge in [0.2, 0.25) is 5.91 Å². The number of amides is 2. The maximum Gasteiger partial charge on any atom is 0.266 e. The Bertz CT molecular complexity index is 1210. The normalized spacial score (nSPS) is 15.2. The van der Waals surface area contributed by atoms with Crippen molar-refractivity contribution in [2.45, 2.75) is 12.5 Å². The minimum Gasteiger partial charge on any atom is -0.478 e. The number of fused-ring (bicyclic) bond motifs is 2. The van der Waals surface area contributed by atoms with Crippen molar-refractivity contribution in [1.82, 2.24) is 0 Å². The molecule has 6 heteroatoms. The van der Waals surface area contributed by atoms with Crippen LogP contribution in [0.15, 0.2) is 83.3 Å². The van der Waals surface area contributed by atoms with Gasteiger partial charge < -0.3 is 19.8 Å². The molecule has 2 N–H and O–H groups in total. The molecule has 0 spiro atoms. The molecule has 4 aromatic rings. The van der Waals surface area contributed by atoms with Gasteiger partial charge in [0.05, 0.1) is 12.1 Å². The summed E-state index contributed by atoms with van der Waals surface area (Å²) in [6.07, 6.45) is -0.944. The van der Waals surface area contributed by atoms with E-state index in [0.717, 1.165) is 22.3 Å². The largest absolute Gasteiger partial charge is 0.478 e. The zero-order valence-corrected chi connectivity index (χ0v) is 15.9. The summed E-state index contributed by atoms with van der Waals surface area (Å²) in [5.74, 6) is 0.695. The molecular weight excluding hydrogens is 380 g/mol. The van der Waals surface area contributed by atoms with Crippen molar-refractivity contribution in [2.24, 2.45) is 0 Å². The molecule has 3 aromatic carbocycles. The molecule has 0 radical (unpaired) electrons. The molecule has 0 aliphatic carbocycles. The number of hydrogen-bond donors (Lipinski definition) is 2. The van der Waals surface area contributed by atoms with Crippen molar-refractivity contribution in [3.63, 3.8) is 0 Å². The minimum absolute atomic E-state index is 0.0779. The number of benzene rings is 3. The van der Waals surface area contributed by atoms with E-state index in [4.69, 9.17) is 9.15 Å². The molecule has 1 atom stereocenters. The van der Waals surface area contributed by atoms with Crippen LogP contribution in [-0.4, -0.2) is 17.9 Å². The first-order valence-electron chi connectivity index (χ1n) is 9.61. The van der Waals surface area contributed by atoms with Crippen molar-refractivity contribution >= 4 is 34.2 Å². The molecule has 1 aliphatic rings. The van der Waals surface area contributed by atoms with Gasteiger partial charge in [0.15, 0.2) is 6.10 Å². The summed E-state index contributed by atoms with van der Waals surface area (Å²) in [6.45, 7) is 0. The summed E-state index contributed by atoms with van der Waals surface area (Å²) in [4.78, 5) is 24.6. The molecule has 2 heterocycles. The van der Waals surface area contributed by atoms with Crippen LogP contribution in [0.4, 0.5) is 11.4 Å². The van der Waals surface area contributed by atoms with Crippen LogP contribution in [-0.2, 0) is 9.59 Å². The third-order valence-corrected chi connectivity index (χ3v) is 4.96. The van der Waals surface area contributed by atoms with Crippen LogP contribution in [0.25, 0.3) is 22.3 Å². The topological polar surface area (TPSA) is 80.6 Å². The first kappa shape index (κ1) is 18.0. The van der Waals surface area contributed by atoms with Crippen LogP contribution in [0.2, 0.25) is 0 Å². The quantitative estimate of drug-likeness (QED) is 0.516. The SMILES string of the molecule is O=C(C[C@H]1Oc2ccccc2NC1=O)Nc1ccc(-c2cc3ccccc3o2)cc1. The lowest BCUT2D eigenvalue weighted by molar-refractivity contribution is -0.128. The lowest BCUT2D eigenvalue weighted by Crippen LogP contribution is -2.39. The number of para-hydroxylation sites is 3. The maximum atomic E-state index is 12.4. The third-order valence-electron chi connectivity index (χ3n) is 4.96. The Balaban J connectivity index is 1.25. The van der Waals surface area contributed by atoms with Crippen molar-refractivity contribution in [3.8, 4) is 17.1 Å². The van der Waals surface area contributed by atoms with E-state index in [1.165, 1.54) is 0 Å². The van der Waals surface area contributed by atoms with Gasteiger partial charge in [-0.3, -0.25) is 9.59 Å². The summed E-state index contributed by atoms with van der Waals surface area (Å²) >= 11 is 0. The average Bonchev–Trinajstić information content (AvgIpc) is 3.19. The van der Waals surface area contributed by atoms with Gasteiger partial charge in [0.1, 0.15) is 17.1 Å². The summed E-state index contributed by atoms with van der Waals surface area (Å²) in [5, 5.41) is 6.61. The molecule has 30 heavy (non-hydrogen) atoms.